The second-order valence-corrected chi connectivity index (χ2v) is 4.94. The highest BCUT2D eigenvalue weighted by Gasteiger charge is 2.16. The quantitative estimate of drug-likeness (QED) is 0.841. The number of amides is 1. The first kappa shape index (κ1) is 15.8. The van der Waals surface area contributed by atoms with Crippen molar-refractivity contribution in [1.29, 1.82) is 0 Å². The summed E-state index contributed by atoms with van der Waals surface area (Å²) < 4.78 is 5.67. The molecule has 0 aromatic heterocycles. The lowest BCUT2D eigenvalue weighted by atomic mass is 10.0. The van der Waals surface area contributed by atoms with E-state index >= 15 is 0 Å². The zero-order chi connectivity index (χ0) is 14.4. The van der Waals surface area contributed by atoms with E-state index in [1.165, 1.54) is 0 Å². The summed E-state index contributed by atoms with van der Waals surface area (Å²) in [4.78, 5) is 11.5. The maximum atomic E-state index is 11.5. The summed E-state index contributed by atoms with van der Waals surface area (Å²) in [5.41, 5.74) is 6.89. The average Bonchev–Trinajstić information content (AvgIpc) is 2.40. The first-order valence-corrected chi connectivity index (χ1v) is 6.78. The zero-order valence-corrected chi connectivity index (χ0v) is 12.3. The molecule has 1 aromatic rings. The van der Waals surface area contributed by atoms with Crippen LogP contribution in [0.3, 0.4) is 0 Å². The van der Waals surface area contributed by atoms with Crippen LogP contribution in [0, 0.1) is 0 Å². The maximum absolute atomic E-state index is 11.5. The van der Waals surface area contributed by atoms with E-state index in [-0.39, 0.29) is 11.9 Å². The van der Waals surface area contributed by atoms with Gasteiger partial charge in [-0.25, -0.2) is 0 Å². The SMILES string of the molecule is CCC(N)Cc1cc(Cl)ccc1OC(C)C(=O)NC. The van der Waals surface area contributed by atoms with Crippen LogP contribution >= 0.6 is 11.6 Å². The van der Waals surface area contributed by atoms with Gasteiger partial charge in [0, 0.05) is 18.1 Å². The van der Waals surface area contributed by atoms with Crippen molar-refractivity contribution in [2.24, 2.45) is 5.73 Å². The summed E-state index contributed by atoms with van der Waals surface area (Å²) in [6.07, 6.45) is 0.992. The van der Waals surface area contributed by atoms with Crippen LogP contribution in [0.25, 0.3) is 0 Å². The summed E-state index contributed by atoms with van der Waals surface area (Å²) in [7, 11) is 1.58. The molecule has 2 unspecified atom stereocenters. The van der Waals surface area contributed by atoms with E-state index in [4.69, 9.17) is 22.1 Å². The van der Waals surface area contributed by atoms with Crippen LogP contribution in [0.1, 0.15) is 25.8 Å². The fourth-order valence-corrected chi connectivity index (χ4v) is 1.89. The summed E-state index contributed by atoms with van der Waals surface area (Å²) >= 11 is 5.99. The standard InChI is InChI=1S/C14H21ClN2O2/c1-4-12(16)8-10-7-11(15)5-6-13(10)19-9(2)14(18)17-3/h5-7,9,12H,4,8,16H2,1-3H3,(H,17,18). The Bertz CT molecular complexity index is 437. The van der Waals surface area contributed by atoms with Crippen molar-refractivity contribution in [2.45, 2.75) is 38.8 Å². The van der Waals surface area contributed by atoms with Crippen LogP contribution in [0.2, 0.25) is 5.02 Å². The largest absolute Gasteiger partial charge is 0.481 e. The molecule has 3 N–H and O–H groups in total. The molecule has 0 aliphatic carbocycles. The van der Waals surface area contributed by atoms with Gasteiger partial charge in [-0.05, 0) is 43.5 Å². The number of benzene rings is 1. The van der Waals surface area contributed by atoms with Gasteiger partial charge in [-0.15, -0.1) is 0 Å². The normalized spacial score (nSPS) is 13.7. The Hall–Kier alpha value is -1.26. The first-order chi connectivity index (χ1) is 8.97. The van der Waals surface area contributed by atoms with E-state index in [9.17, 15) is 4.79 Å². The second kappa shape index (κ2) is 7.36. The van der Waals surface area contributed by atoms with E-state index in [1.54, 1.807) is 26.1 Å². The monoisotopic (exact) mass is 284 g/mol. The Kier molecular flexibility index (Phi) is 6.12. The van der Waals surface area contributed by atoms with Crippen LogP contribution < -0.4 is 15.8 Å². The molecular weight excluding hydrogens is 264 g/mol. The Morgan fingerprint density at radius 3 is 2.79 bits per heavy atom. The lowest BCUT2D eigenvalue weighted by Gasteiger charge is -2.18. The fraction of sp³-hybridized carbons (Fsp3) is 0.500. The van der Waals surface area contributed by atoms with Gasteiger partial charge in [-0.1, -0.05) is 18.5 Å². The van der Waals surface area contributed by atoms with Crippen LogP contribution in [0.15, 0.2) is 18.2 Å². The zero-order valence-electron chi connectivity index (χ0n) is 11.6. The van der Waals surface area contributed by atoms with Gasteiger partial charge in [0.1, 0.15) is 5.75 Å². The van der Waals surface area contributed by atoms with Gasteiger partial charge in [-0.2, -0.15) is 0 Å². The molecule has 5 heteroatoms. The maximum Gasteiger partial charge on any atom is 0.260 e. The third-order valence-electron chi connectivity index (χ3n) is 2.95. The number of ether oxygens (including phenoxy) is 1. The summed E-state index contributed by atoms with van der Waals surface area (Å²) in [6, 6.07) is 5.41. The third kappa shape index (κ3) is 4.73. The molecular formula is C14H21ClN2O2. The number of carbonyl (C=O) groups excluding carboxylic acids is 1. The van der Waals surface area contributed by atoms with Gasteiger partial charge in [0.25, 0.3) is 5.91 Å². The molecule has 1 aromatic carbocycles. The van der Waals surface area contributed by atoms with Crippen LogP contribution in [-0.2, 0) is 11.2 Å². The molecule has 1 amide bonds. The number of halogens is 1. The molecule has 19 heavy (non-hydrogen) atoms. The highest BCUT2D eigenvalue weighted by atomic mass is 35.5. The molecule has 106 valence electrons. The molecule has 0 bridgehead atoms. The van der Waals surface area contributed by atoms with Crippen LogP contribution in [0.5, 0.6) is 5.75 Å². The number of likely N-dealkylation sites (N-methyl/N-ethyl adjacent to an activating group) is 1. The molecule has 0 saturated heterocycles. The number of carbonyl (C=O) groups is 1. The van der Waals surface area contributed by atoms with Crippen molar-refractivity contribution >= 4 is 17.5 Å². The lowest BCUT2D eigenvalue weighted by molar-refractivity contribution is -0.126. The molecule has 4 nitrogen and oxygen atoms in total. The van der Waals surface area contributed by atoms with Gasteiger partial charge in [-0.3, -0.25) is 4.79 Å². The average molecular weight is 285 g/mol. The van der Waals surface area contributed by atoms with Crippen molar-refractivity contribution in [1.82, 2.24) is 5.32 Å². The minimum Gasteiger partial charge on any atom is -0.481 e. The fourth-order valence-electron chi connectivity index (χ4n) is 1.70. The van der Waals surface area contributed by atoms with E-state index in [0.29, 0.717) is 17.2 Å². The molecule has 2 atom stereocenters. The van der Waals surface area contributed by atoms with Crippen molar-refractivity contribution in [3.8, 4) is 5.75 Å². The van der Waals surface area contributed by atoms with Crippen LogP contribution in [0.4, 0.5) is 0 Å². The topological polar surface area (TPSA) is 64.3 Å². The van der Waals surface area contributed by atoms with E-state index in [1.807, 2.05) is 13.0 Å². The van der Waals surface area contributed by atoms with Crippen molar-refractivity contribution in [2.75, 3.05) is 7.05 Å². The molecule has 0 spiro atoms. The molecule has 0 aliphatic heterocycles. The highest BCUT2D eigenvalue weighted by Crippen LogP contribution is 2.25. The number of nitrogens with two attached hydrogens (primary N) is 1. The first-order valence-electron chi connectivity index (χ1n) is 6.40. The summed E-state index contributed by atoms with van der Waals surface area (Å²) in [5, 5.41) is 3.19. The third-order valence-corrected chi connectivity index (χ3v) is 3.18. The van der Waals surface area contributed by atoms with Gasteiger partial charge in [0.05, 0.1) is 0 Å². The molecule has 1 rings (SSSR count). The highest BCUT2D eigenvalue weighted by molar-refractivity contribution is 6.30. The number of nitrogens with one attached hydrogen (secondary N) is 1. The van der Waals surface area contributed by atoms with Gasteiger partial charge >= 0.3 is 0 Å². The predicted octanol–water partition coefficient (Wildman–Crippen LogP) is 2.13. The molecule has 0 fully saturated rings. The van der Waals surface area contributed by atoms with Crippen molar-refractivity contribution in [3.05, 3.63) is 28.8 Å². The van der Waals surface area contributed by atoms with E-state index in [0.717, 1.165) is 12.0 Å². The Morgan fingerprint density at radius 1 is 1.53 bits per heavy atom. The molecule has 0 saturated carbocycles. The second-order valence-electron chi connectivity index (χ2n) is 4.50. The molecule has 0 aliphatic rings. The number of hydrogen-bond acceptors (Lipinski definition) is 3. The minimum atomic E-state index is -0.553. The Labute approximate surface area is 119 Å². The molecule has 0 radical (unpaired) electrons. The van der Waals surface area contributed by atoms with Gasteiger partial charge in [0.15, 0.2) is 6.10 Å². The van der Waals surface area contributed by atoms with Crippen molar-refractivity contribution < 1.29 is 9.53 Å². The Balaban J connectivity index is 2.90. The minimum absolute atomic E-state index is 0.0520. The van der Waals surface area contributed by atoms with E-state index < -0.39 is 6.10 Å². The number of hydrogen-bond donors (Lipinski definition) is 2. The van der Waals surface area contributed by atoms with Crippen molar-refractivity contribution in [3.63, 3.8) is 0 Å². The number of rotatable bonds is 6. The van der Waals surface area contributed by atoms with E-state index in [2.05, 4.69) is 5.32 Å². The molecule has 0 heterocycles. The summed E-state index contributed by atoms with van der Waals surface area (Å²) in [5.74, 6) is 0.491. The van der Waals surface area contributed by atoms with Gasteiger partial charge in [0.2, 0.25) is 0 Å². The predicted molar refractivity (Wildman–Crippen MR) is 77.6 cm³/mol. The van der Waals surface area contributed by atoms with Crippen LogP contribution in [-0.4, -0.2) is 25.1 Å². The smallest absolute Gasteiger partial charge is 0.260 e. The Morgan fingerprint density at radius 2 is 2.21 bits per heavy atom. The summed E-state index contributed by atoms with van der Waals surface area (Å²) in [6.45, 7) is 3.74. The lowest BCUT2D eigenvalue weighted by Crippen LogP contribution is -2.34. The van der Waals surface area contributed by atoms with Gasteiger partial charge < -0.3 is 15.8 Å².